The molecule has 0 saturated heterocycles. The number of benzene rings is 2. The van der Waals surface area contributed by atoms with Gasteiger partial charge in [0.05, 0.1) is 25.3 Å². The molecule has 0 fully saturated rings. The summed E-state index contributed by atoms with van der Waals surface area (Å²) in [5.41, 5.74) is 2.47. The van der Waals surface area contributed by atoms with Crippen LogP contribution in [0.1, 0.15) is 0 Å². The van der Waals surface area contributed by atoms with Crippen molar-refractivity contribution in [1.82, 2.24) is 14.9 Å². The Labute approximate surface area is 176 Å². The summed E-state index contributed by atoms with van der Waals surface area (Å²) < 4.78 is 10.8. The van der Waals surface area contributed by atoms with Crippen LogP contribution in [0.2, 0.25) is 0 Å². The first-order valence-corrected chi connectivity index (χ1v) is 9.67. The fourth-order valence-corrected chi connectivity index (χ4v) is 3.37. The maximum atomic E-state index is 5.41. The maximum absolute atomic E-state index is 5.41. The summed E-state index contributed by atoms with van der Waals surface area (Å²) in [5, 5.41) is 3.43. The molecule has 1 N–H and O–H groups in total. The van der Waals surface area contributed by atoms with Crippen molar-refractivity contribution in [3.63, 3.8) is 0 Å². The van der Waals surface area contributed by atoms with Crippen LogP contribution in [-0.4, -0.2) is 49.7 Å². The Kier molecular flexibility index (Phi) is 5.43. The van der Waals surface area contributed by atoms with Gasteiger partial charge in [-0.25, -0.2) is 9.97 Å². The van der Waals surface area contributed by atoms with E-state index in [1.807, 2.05) is 56.6 Å². The molecular formula is C23H25N5O2. The van der Waals surface area contributed by atoms with E-state index < -0.39 is 0 Å². The topological polar surface area (TPSA) is 62.8 Å². The fraction of sp³-hybridized carbons (Fsp3) is 0.217. The predicted octanol–water partition coefficient (Wildman–Crippen LogP) is 4.17. The minimum atomic E-state index is 0.659. The molecule has 154 valence electrons. The number of methoxy groups -OCH3 is 2. The first-order chi connectivity index (χ1) is 14.6. The summed E-state index contributed by atoms with van der Waals surface area (Å²) in [6.45, 7) is 0.702. The van der Waals surface area contributed by atoms with Crippen molar-refractivity contribution in [2.75, 3.05) is 45.1 Å². The van der Waals surface area contributed by atoms with Crippen molar-refractivity contribution in [2.24, 2.45) is 0 Å². The number of hydrogen-bond acceptors (Lipinski definition) is 7. The van der Waals surface area contributed by atoms with Crippen LogP contribution in [0.4, 0.5) is 17.3 Å². The number of fused-ring (bicyclic) bond motifs is 1. The summed E-state index contributed by atoms with van der Waals surface area (Å²) >= 11 is 0. The van der Waals surface area contributed by atoms with Crippen molar-refractivity contribution in [1.29, 1.82) is 0 Å². The Balaban J connectivity index is 1.83. The molecule has 0 amide bonds. The molecule has 0 unspecified atom stereocenters. The molecule has 30 heavy (non-hydrogen) atoms. The largest absolute Gasteiger partial charge is 0.497 e. The van der Waals surface area contributed by atoms with E-state index in [1.54, 1.807) is 14.2 Å². The number of ether oxygens (including phenoxy) is 2. The lowest BCUT2D eigenvalue weighted by Crippen LogP contribution is -2.34. The molecule has 0 saturated carbocycles. The van der Waals surface area contributed by atoms with Crippen LogP contribution in [0.5, 0.6) is 11.5 Å². The van der Waals surface area contributed by atoms with Gasteiger partial charge in [0.15, 0.2) is 11.6 Å². The minimum Gasteiger partial charge on any atom is -0.497 e. The van der Waals surface area contributed by atoms with Crippen LogP contribution >= 0.6 is 0 Å². The maximum Gasteiger partial charge on any atom is 0.178 e. The lowest BCUT2D eigenvalue weighted by molar-refractivity contribution is 0.395. The number of anilines is 3. The molecule has 7 nitrogen and oxygen atoms in total. The predicted molar refractivity (Wildman–Crippen MR) is 121 cm³/mol. The van der Waals surface area contributed by atoms with Crippen LogP contribution in [0.15, 0.2) is 66.5 Å². The van der Waals surface area contributed by atoms with Crippen molar-refractivity contribution >= 4 is 28.4 Å². The number of nitrogens with zero attached hydrogens (tertiary/aromatic N) is 4. The van der Waals surface area contributed by atoms with Gasteiger partial charge in [0.25, 0.3) is 0 Å². The second-order valence-corrected chi connectivity index (χ2v) is 7.07. The number of nitrogens with one attached hydrogen (secondary N) is 1. The SMILES string of the molecule is COc1cc(Nc2nc3ccccc3nc2N2CC=CC=C2N(C)C)cc(OC)c1. The fourth-order valence-electron chi connectivity index (χ4n) is 3.37. The number of allylic oxidation sites excluding steroid dienone is 2. The lowest BCUT2D eigenvalue weighted by Gasteiger charge is -2.32. The zero-order chi connectivity index (χ0) is 21.1. The van der Waals surface area contributed by atoms with Gasteiger partial charge >= 0.3 is 0 Å². The van der Waals surface area contributed by atoms with Gasteiger partial charge < -0.3 is 24.6 Å². The van der Waals surface area contributed by atoms with Crippen LogP contribution < -0.4 is 19.7 Å². The van der Waals surface area contributed by atoms with Crippen LogP contribution in [0, 0.1) is 0 Å². The third-order valence-corrected chi connectivity index (χ3v) is 4.83. The Morgan fingerprint density at radius 2 is 1.63 bits per heavy atom. The van der Waals surface area contributed by atoms with E-state index in [0.717, 1.165) is 28.4 Å². The van der Waals surface area contributed by atoms with E-state index in [0.29, 0.717) is 23.9 Å². The van der Waals surface area contributed by atoms with Crippen LogP contribution in [-0.2, 0) is 0 Å². The highest BCUT2D eigenvalue weighted by atomic mass is 16.5. The molecule has 3 aromatic rings. The average Bonchev–Trinajstić information content (AvgIpc) is 2.78. The zero-order valence-corrected chi connectivity index (χ0v) is 17.6. The molecule has 7 heteroatoms. The third kappa shape index (κ3) is 3.87. The molecule has 4 rings (SSSR count). The monoisotopic (exact) mass is 403 g/mol. The van der Waals surface area contributed by atoms with Gasteiger partial charge in [-0.05, 0) is 18.2 Å². The molecule has 0 atom stereocenters. The molecule has 0 spiro atoms. The van der Waals surface area contributed by atoms with Gasteiger partial charge in [-0.1, -0.05) is 24.3 Å². The zero-order valence-electron chi connectivity index (χ0n) is 17.6. The van der Waals surface area contributed by atoms with Gasteiger partial charge in [-0.2, -0.15) is 0 Å². The van der Waals surface area contributed by atoms with E-state index in [4.69, 9.17) is 19.4 Å². The Hall–Kier alpha value is -3.74. The first-order valence-electron chi connectivity index (χ1n) is 9.67. The summed E-state index contributed by atoms with van der Waals surface area (Å²) in [4.78, 5) is 14.0. The molecule has 1 aromatic heterocycles. The van der Waals surface area contributed by atoms with Gasteiger partial charge in [-0.15, -0.1) is 0 Å². The molecule has 0 radical (unpaired) electrons. The van der Waals surface area contributed by atoms with Crippen LogP contribution in [0.3, 0.4) is 0 Å². The van der Waals surface area contributed by atoms with E-state index in [9.17, 15) is 0 Å². The van der Waals surface area contributed by atoms with Gasteiger partial charge in [0, 0.05) is 44.5 Å². The van der Waals surface area contributed by atoms with E-state index in [-0.39, 0.29) is 0 Å². The number of hydrogen-bond donors (Lipinski definition) is 1. The summed E-state index contributed by atoms with van der Waals surface area (Å²) in [7, 11) is 7.31. The number of rotatable bonds is 6. The standard InChI is InChI=1S/C23H25N5O2/c1-27(2)21-11-7-8-12-28(21)23-22(25-19-9-5-6-10-20(19)26-23)24-16-13-17(29-3)15-18(14-16)30-4/h5-11,13-15H,12H2,1-4H3,(H,24,25). The summed E-state index contributed by atoms with van der Waals surface area (Å²) in [6, 6.07) is 13.5. The first kappa shape index (κ1) is 19.6. The van der Waals surface area contributed by atoms with Gasteiger partial charge in [-0.3, -0.25) is 0 Å². The van der Waals surface area contributed by atoms with Gasteiger partial charge in [0.2, 0.25) is 0 Å². The number of aromatic nitrogens is 2. The number of para-hydroxylation sites is 2. The Morgan fingerprint density at radius 3 is 2.27 bits per heavy atom. The van der Waals surface area contributed by atoms with E-state index in [1.165, 1.54) is 0 Å². The van der Waals surface area contributed by atoms with E-state index >= 15 is 0 Å². The highest BCUT2D eigenvalue weighted by Gasteiger charge is 2.21. The van der Waals surface area contributed by atoms with Crippen molar-refractivity contribution < 1.29 is 9.47 Å². The quantitative estimate of drug-likeness (QED) is 0.663. The van der Waals surface area contributed by atoms with Gasteiger partial charge in [0.1, 0.15) is 17.3 Å². The van der Waals surface area contributed by atoms with E-state index in [2.05, 4.69) is 33.3 Å². The molecule has 0 aliphatic carbocycles. The molecule has 2 heterocycles. The van der Waals surface area contributed by atoms with Crippen molar-refractivity contribution in [3.05, 3.63) is 66.5 Å². The molecular weight excluding hydrogens is 378 g/mol. The second-order valence-electron chi connectivity index (χ2n) is 7.07. The third-order valence-electron chi connectivity index (χ3n) is 4.83. The van der Waals surface area contributed by atoms with Crippen LogP contribution in [0.25, 0.3) is 11.0 Å². The molecule has 1 aliphatic rings. The average molecular weight is 403 g/mol. The normalized spacial score (nSPS) is 13.2. The Morgan fingerprint density at radius 1 is 0.967 bits per heavy atom. The second kappa shape index (κ2) is 8.32. The smallest absolute Gasteiger partial charge is 0.178 e. The van der Waals surface area contributed by atoms with Crippen molar-refractivity contribution in [3.8, 4) is 11.5 Å². The molecule has 0 bridgehead atoms. The highest BCUT2D eigenvalue weighted by molar-refractivity contribution is 5.83. The Bertz CT molecular complexity index is 1100. The lowest BCUT2D eigenvalue weighted by atomic mass is 10.2. The highest BCUT2D eigenvalue weighted by Crippen LogP contribution is 2.34. The summed E-state index contributed by atoms with van der Waals surface area (Å²) in [5.74, 6) is 3.84. The molecule has 1 aliphatic heterocycles. The molecule has 2 aromatic carbocycles. The van der Waals surface area contributed by atoms with Crippen molar-refractivity contribution in [2.45, 2.75) is 0 Å². The minimum absolute atomic E-state index is 0.659. The summed E-state index contributed by atoms with van der Waals surface area (Å²) in [6.07, 6.45) is 6.22.